The van der Waals surface area contributed by atoms with Crippen LogP contribution >= 0.6 is 11.6 Å². The molecule has 5 heteroatoms. The molecule has 0 aliphatic rings. The van der Waals surface area contributed by atoms with Crippen LogP contribution in [-0.2, 0) is 6.42 Å². The summed E-state index contributed by atoms with van der Waals surface area (Å²) < 4.78 is 0. The van der Waals surface area contributed by atoms with Gasteiger partial charge in [-0.3, -0.25) is 4.79 Å². The van der Waals surface area contributed by atoms with E-state index in [1.54, 1.807) is 24.3 Å². The number of rotatable bonds is 4. The average molecular weight is 277 g/mol. The zero-order valence-electron chi connectivity index (χ0n) is 10.1. The Balaban J connectivity index is 2.04. The third kappa shape index (κ3) is 3.77. The van der Waals surface area contributed by atoms with E-state index in [4.69, 9.17) is 16.7 Å². The van der Waals surface area contributed by atoms with Gasteiger partial charge in [0, 0.05) is 18.5 Å². The topological polar surface area (TPSA) is 62.2 Å². The first kappa shape index (κ1) is 13.5. The molecule has 98 valence electrons. The molecule has 2 rings (SSSR count). The summed E-state index contributed by atoms with van der Waals surface area (Å²) in [7, 11) is 0. The van der Waals surface area contributed by atoms with Gasteiger partial charge in [0.15, 0.2) is 0 Å². The molecule has 1 amide bonds. The molecule has 0 spiro atoms. The normalized spacial score (nSPS) is 10.2. The molecule has 0 atom stereocenters. The molecule has 1 aromatic heterocycles. The van der Waals surface area contributed by atoms with Crippen molar-refractivity contribution in [2.75, 3.05) is 11.9 Å². The molecule has 2 aromatic rings. The van der Waals surface area contributed by atoms with Crippen LogP contribution in [0, 0.1) is 0 Å². The third-order valence-corrected chi connectivity index (χ3v) is 2.83. The van der Waals surface area contributed by atoms with Crippen molar-refractivity contribution >= 4 is 23.2 Å². The fourth-order valence-electron chi connectivity index (χ4n) is 1.60. The zero-order valence-corrected chi connectivity index (χ0v) is 10.9. The first-order valence-electron chi connectivity index (χ1n) is 5.82. The Labute approximate surface area is 116 Å². The van der Waals surface area contributed by atoms with Gasteiger partial charge in [-0.05, 0) is 36.2 Å². The Morgan fingerprint density at radius 3 is 2.53 bits per heavy atom. The number of carbonyl (C=O) groups is 1. The standard InChI is InChI=1S/C14H13ClN2O2/c15-13-6-3-11(9-16-13)14(19)17-12-4-1-10(2-5-12)7-8-18/h1-6,9,18H,7-8H2,(H,17,19). The van der Waals surface area contributed by atoms with Gasteiger partial charge >= 0.3 is 0 Å². The highest BCUT2D eigenvalue weighted by molar-refractivity contribution is 6.29. The quantitative estimate of drug-likeness (QED) is 0.844. The van der Waals surface area contributed by atoms with Gasteiger partial charge in [-0.25, -0.2) is 4.98 Å². The third-order valence-electron chi connectivity index (χ3n) is 2.60. The van der Waals surface area contributed by atoms with Crippen LogP contribution in [0.3, 0.4) is 0 Å². The van der Waals surface area contributed by atoms with E-state index in [2.05, 4.69) is 10.3 Å². The van der Waals surface area contributed by atoms with Crippen LogP contribution in [0.4, 0.5) is 5.69 Å². The Hall–Kier alpha value is -1.91. The lowest BCUT2D eigenvalue weighted by Gasteiger charge is -2.06. The summed E-state index contributed by atoms with van der Waals surface area (Å²) in [6, 6.07) is 10.5. The van der Waals surface area contributed by atoms with Crippen LogP contribution in [-0.4, -0.2) is 22.6 Å². The molecule has 0 radical (unpaired) electrons. The highest BCUT2D eigenvalue weighted by Gasteiger charge is 2.06. The van der Waals surface area contributed by atoms with E-state index >= 15 is 0 Å². The largest absolute Gasteiger partial charge is 0.396 e. The van der Waals surface area contributed by atoms with Crippen LogP contribution in [0.2, 0.25) is 5.15 Å². The number of hydrogen-bond donors (Lipinski definition) is 2. The minimum absolute atomic E-state index is 0.113. The summed E-state index contributed by atoms with van der Waals surface area (Å²) in [6.07, 6.45) is 2.03. The van der Waals surface area contributed by atoms with Gasteiger partial charge in [-0.1, -0.05) is 23.7 Å². The Morgan fingerprint density at radius 1 is 1.21 bits per heavy atom. The number of aliphatic hydroxyl groups is 1. The van der Waals surface area contributed by atoms with Gasteiger partial charge in [0.1, 0.15) is 5.15 Å². The zero-order chi connectivity index (χ0) is 13.7. The van der Waals surface area contributed by atoms with Crippen molar-refractivity contribution in [3.8, 4) is 0 Å². The maximum Gasteiger partial charge on any atom is 0.257 e. The van der Waals surface area contributed by atoms with E-state index in [0.29, 0.717) is 22.8 Å². The van der Waals surface area contributed by atoms with Crippen LogP contribution in [0.5, 0.6) is 0 Å². The lowest BCUT2D eigenvalue weighted by atomic mass is 10.1. The molecule has 0 saturated carbocycles. The van der Waals surface area contributed by atoms with E-state index in [1.807, 2.05) is 12.1 Å². The predicted octanol–water partition coefficient (Wildman–Crippen LogP) is 2.52. The van der Waals surface area contributed by atoms with Gasteiger partial charge in [0.25, 0.3) is 5.91 Å². The Kier molecular flexibility index (Phi) is 4.49. The van der Waals surface area contributed by atoms with Gasteiger partial charge in [0.05, 0.1) is 5.56 Å². The lowest BCUT2D eigenvalue weighted by Crippen LogP contribution is -2.12. The highest BCUT2D eigenvalue weighted by Crippen LogP contribution is 2.12. The fourth-order valence-corrected chi connectivity index (χ4v) is 1.71. The van der Waals surface area contributed by atoms with Crippen molar-refractivity contribution < 1.29 is 9.90 Å². The van der Waals surface area contributed by atoms with E-state index in [1.165, 1.54) is 6.20 Å². The lowest BCUT2D eigenvalue weighted by molar-refractivity contribution is 0.102. The number of nitrogens with zero attached hydrogens (tertiary/aromatic N) is 1. The van der Waals surface area contributed by atoms with Crippen molar-refractivity contribution in [1.29, 1.82) is 0 Å². The minimum Gasteiger partial charge on any atom is -0.396 e. The van der Waals surface area contributed by atoms with Crippen LogP contribution in [0.15, 0.2) is 42.6 Å². The molecular weight excluding hydrogens is 264 g/mol. The molecule has 1 aromatic carbocycles. The molecule has 1 heterocycles. The number of carbonyl (C=O) groups excluding carboxylic acids is 1. The van der Waals surface area contributed by atoms with Gasteiger partial charge in [-0.15, -0.1) is 0 Å². The molecule has 19 heavy (non-hydrogen) atoms. The number of anilines is 1. The SMILES string of the molecule is O=C(Nc1ccc(CCO)cc1)c1ccc(Cl)nc1. The molecule has 0 aliphatic carbocycles. The summed E-state index contributed by atoms with van der Waals surface area (Å²) in [5.41, 5.74) is 2.17. The molecule has 0 aliphatic heterocycles. The second-order valence-electron chi connectivity index (χ2n) is 3.99. The van der Waals surface area contributed by atoms with Crippen molar-refractivity contribution in [3.05, 3.63) is 58.9 Å². The Bertz CT molecular complexity index is 553. The number of halogens is 1. The van der Waals surface area contributed by atoms with Crippen molar-refractivity contribution in [2.45, 2.75) is 6.42 Å². The molecule has 0 bridgehead atoms. The summed E-state index contributed by atoms with van der Waals surface area (Å²) in [4.78, 5) is 15.8. The molecule has 4 nitrogen and oxygen atoms in total. The van der Waals surface area contributed by atoms with Gasteiger partial charge in [-0.2, -0.15) is 0 Å². The smallest absolute Gasteiger partial charge is 0.257 e. The number of amides is 1. The van der Waals surface area contributed by atoms with Crippen molar-refractivity contribution in [1.82, 2.24) is 4.98 Å². The second kappa shape index (κ2) is 6.31. The number of benzene rings is 1. The second-order valence-corrected chi connectivity index (χ2v) is 4.38. The van der Waals surface area contributed by atoms with E-state index < -0.39 is 0 Å². The highest BCUT2D eigenvalue weighted by atomic mass is 35.5. The van der Waals surface area contributed by atoms with E-state index in [-0.39, 0.29) is 12.5 Å². The molecule has 0 fully saturated rings. The van der Waals surface area contributed by atoms with Crippen LogP contribution in [0.25, 0.3) is 0 Å². The number of aromatic nitrogens is 1. The number of pyridine rings is 1. The molecular formula is C14H13ClN2O2. The van der Waals surface area contributed by atoms with E-state index in [0.717, 1.165) is 5.56 Å². The number of aliphatic hydroxyl groups excluding tert-OH is 1. The summed E-state index contributed by atoms with van der Waals surface area (Å²) >= 11 is 5.66. The summed E-state index contributed by atoms with van der Waals surface area (Å²) in [5, 5.41) is 11.9. The fraction of sp³-hybridized carbons (Fsp3) is 0.143. The first-order chi connectivity index (χ1) is 9.19. The summed E-state index contributed by atoms with van der Waals surface area (Å²) in [5.74, 6) is -0.237. The number of hydrogen-bond acceptors (Lipinski definition) is 3. The maximum atomic E-state index is 11.9. The molecule has 2 N–H and O–H groups in total. The van der Waals surface area contributed by atoms with Crippen molar-refractivity contribution in [3.63, 3.8) is 0 Å². The summed E-state index contributed by atoms with van der Waals surface area (Å²) in [6.45, 7) is 0.113. The minimum atomic E-state index is -0.237. The first-order valence-corrected chi connectivity index (χ1v) is 6.19. The number of nitrogens with one attached hydrogen (secondary N) is 1. The maximum absolute atomic E-state index is 11.9. The van der Waals surface area contributed by atoms with Crippen molar-refractivity contribution in [2.24, 2.45) is 0 Å². The molecule has 0 unspecified atom stereocenters. The van der Waals surface area contributed by atoms with Crippen LogP contribution in [0.1, 0.15) is 15.9 Å². The average Bonchev–Trinajstić information content (AvgIpc) is 2.42. The van der Waals surface area contributed by atoms with Gasteiger partial charge in [0.2, 0.25) is 0 Å². The van der Waals surface area contributed by atoms with E-state index in [9.17, 15) is 4.79 Å². The van der Waals surface area contributed by atoms with Crippen LogP contribution < -0.4 is 5.32 Å². The Morgan fingerprint density at radius 2 is 1.95 bits per heavy atom. The monoisotopic (exact) mass is 276 g/mol. The van der Waals surface area contributed by atoms with Gasteiger partial charge < -0.3 is 10.4 Å². The molecule has 0 saturated heterocycles. The predicted molar refractivity (Wildman–Crippen MR) is 74.4 cm³/mol.